The minimum Gasteiger partial charge on any atom is -0.354 e. The summed E-state index contributed by atoms with van der Waals surface area (Å²) in [6.45, 7) is 2.96. The molecule has 1 heterocycles. The maximum atomic E-state index is 12.0. The first-order valence-electron chi connectivity index (χ1n) is 7.27. The molecule has 1 saturated carbocycles. The lowest BCUT2D eigenvalue weighted by molar-refractivity contribution is -0.123. The average Bonchev–Trinajstić information content (AvgIpc) is 2.28. The molecule has 1 saturated heterocycles. The molecule has 0 aromatic carbocycles. The van der Waals surface area contributed by atoms with E-state index in [2.05, 4.69) is 29.6 Å². The molecule has 18 heavy (non-hydrogen) atoms. The predicted molar refractivity (Wildman–Crippen MR) is 73.5 cm³/mol. The van der Waals surface area contributed by atoms with Crippen LogP contribution < -0.4 is 10.6 Å². The third kappa shape index (κ3) is 3.23. The average molecular weight is 253 g/mol. The summed E-state index contributed by atoms with van der Waals surface area (Å²) in [6.07, 6.45) is 6.73. The quantitative estimate of drug-likeness (QED) is 0.767. The largest absolute Gasteiger partial charge is 0.354 e. The Kier molecular flexibility index (Phi) is 4.62. The summed E-state index contributed by atoms with van der Waals surface area (Å²) in [4.78, 5) is 14.2. The van der Waals surface area contributed by atoms with E-state index in [1.54, 1.807) is 0 Å². The molecule has 2 rings (SSSR count). The number of nitrogens with one attached hydrogen (secondary N) is 2. The zero-order chi connectivity index (χ0) is 13.0. The Morgan fingerprint density at radius 1 is 1.33 bits per heavy atom. The summed E-state index contributed by atoms with van der Waals surface area (Å²) in [5, 5.41) is 6.49. The second-order valence-electron chi connectivity index (χ2n) is 6.15. The molecule has 0 radical (unpaired) electrons. The standard InChI is InChI=1S/C14H27N3O/c1-17(2)14(6-3-7-14)11-16-13(18)10-12-4-8-15-9-5-12/h12,15H,3-11H2,1-2H3,(H,16,18). The maximum absolute atomic E-state index is 12.0. The van der Waals surface area contributed by atoms with Crippen LogP contribution in [0.5, 0.6) is 0 Å². The van der Waals surface area contributed by atoms with Crippen molar-refractivity contribution < 1.29 is 4.79 Å². The second kappa shape index (κ2) is 6.02. The van der Waals surface area contributed by atoms with Gasteiger partial charge in [-0.3, -0.25) is 4.79 Å². The van der Waals surface area contributed by atoms with E-state index in [0.29, 0.717) is 12.3 Å². The van der Waals surface area contributed by atoms with Crippen molar-refractivity contribution in [3.8, 4) is 0 Å². The molecule has 4 nitrogen and oxygen atoms in total. The van der Waals surface area contributed by atoms with Gasteiger partial charge in [0, 0.05) is 18.5 Å². The van der Waals surface area contributed by atoms with Crippen molar-refractivity contribution in [1.82, 2.24) is 15.5 Å². The van der Waals surface area contributed by atoms with Crippen LogP contribution in [0.25, 0.3) is 0 Å². The predicted octanol–water partition coefficient (Wildman–Crippen LogP) is 0.977. The zero-order valence-corrected chi connectivity index (χ0v) is 11.8. The molecule has 1 aliphatic carbocycles. The Hall–Kier alpha value is -0.610. The highest BCUT2D eigenvalue weighted by molar-refractivity contribution is 5.76. The fraction of sp³-hybridized carbons (Fsp3) is 0.929. The van der Waals surface area contributed by atoms with Gasteiger partial charge in [0.1, 0.15) is 0 Å². The number of amides is 1. The minimum absolute atomic E-state index is 0.240. The van der Waals surface area contributed by atoms with E-state index in [1.807, 2.05) is 0 Å². The Morgan fingerprint density at radius 2 is 2.00 bits per heavy atom. The van der Waals surface area contributed by atoms with Crippen LogP contribution in [-0.4, -0.2) is 50.1 Å². The van der Waals surface area contributed by atoms with Crippen LogP contribution in [0.3, 0.4) is 0 Å². The topological polar surface area (TPSA) is 44.4 Å². The molecule has 0 aromatic rings. The summed E-state index contributed by atoms with van der Waals surface area (Å²) in [5.74, 6) is 0.831. The number of likely N-dealkylation sites (N-methyl/N-ethyl adjacent to an activating group) is 1. The van der Waals surface area contributed by atoms with Gasteiger partial charge in [-0.2, -0.15) is 0 Å². The van der Waals surface area contributed by atoms with E-state index < -0.39 is 0 Å². The smallest absolute Gasteiger partial charge is 0.220 e. The zero-order valence-electron chi connectivity index (χ0n) is 11.8. The summed E-state index contributed by atoms with van der Waals surface area (Å²) in [6, 6.07) is 0. The molecule has 2 fully saturated rings. The van der Waals surface area contributed by atoms with Gasteiger partial charge in [0.15, 0.2) is 0 Å². The summed E-state index contributed by atoms with van der Waals surface area (Å²) >= 11 is 0. The third-order valence-corrected chi connectivity index (χ3v) is 4.78. The fourth-order valence-electron chi connectivity index (χ4n) is 3.05. The normalized spacial score (nSPS) is 23.7. The van der Waals surface area contributed by atoms with Crippen LogP contribution >= 0.6 is 0 Å². The van der Waals surface area contributed by atoms with Crippen molar-refractivity contribution in [2.45, 2.75) is 44.1 Å². The van der Waals surface area contributed by atoms with Gasteiger partial charge in [-0.1, -0.05) is 0 Å². The van der Waals surface area contributed by atoms with Crippen molar-refractivity contribution in [1.29, 1.82) is 0 Å². The number of hydrogen-bond acceptors (Lipinski definition) is 3. The van der Waals surface area contributed by atoms with E-state index in [-0.39, 0.29) is 11.4 Å². The van der Waals surface area contributed by atoms with Gasteiger partial charge in [0.25, 0.3) is 0 Å². The SMILES string of the molecule is CN(C)C1(CNC(=O)CC2CCNCC2)CCC1. The van der Waals surface area contributed by atoms with Crippen LogP contribution in [0.4, 0.5) is 0 Å². The second-order valence-corrected chi connectivity index (χ2v) is 6.15. The molecule has 1 amide bonds. The van der Waals surface area contributed by atoms with E-state index in [4.69, 9.17) is 0 Å². The highest BCUT2D eigenvalue weighted by atomic mass is 16.1. The first kappa shape index (κ1) is 13.8. The number of rotatable bonds is 5. The molecule has 0 bridgehead atoms. The van der Waals surface area contributed by atoms with Gasteiger partial charge in [0.05, 0.1) is 0 Å². The Balaban J connectivity index is 1.70. The summed E-state index contributed by atoms with van der Waals surface area (Å²) in [5.41, 5.74) is 0.240. The lowest BCUT2D eigenvalue weighted by Crippen LogP contribution is -2.57. The molecule has 4 heteroatoms. The number of carbonyl (C=O) groups excluding carboxylic acids is 1. The molecule has 0 unspecified atom stereocenters. The Labute approximate surface area is 110 Å². The van der Waals surface area contributed by atoms with E-state index in [0.717, 1.165) is 32.5 Å². The summed E-state index contributed by atoms with van der Waals surface area (Å²) < 4.78 is 0. The van der Waals surface area contributed by atoms with Crippen LogP contribution in [0.1, 0.15) is 38.5 Å². The Morgan fingerprint density at radius 3 is 2.50 bits per heavy atom. The Bertz CT molecular complexity index is 281. The van der Waals surface area contributed by atoms with Gasteiger partial charge in [-0.05, 0) is 65.2 Å². The maximum Gasteiger partial charge on any atom is 0.220 e. The molecule has 104 valence electrons. The number of nitrogens with zero attached hydrogens (tertiary/aromatic N) is 1. The van der Waals surface area contributed by atoms with E-state index in [9.17, 15) is 4.79 Å². The number of piperidine rings is 1. The minimum atomic E-state index is 0.240. The highest BCUT2D eigenvalue weighted by Gasteiger charge is 2.39. The molecular formula is C14H27N3O. The first-order valence-corrected chi connectivity index (χ1v) is 7.27. The molecular weight excluding hydrogens is 226 g/mol. The lowest BCUT2D eigenvalue weighted by atomic mass is 9.75. The van der Waals surface area contributed by atoms with Crippen molar-refractivity contribution in [3.63, 3.8) is 0 Å². The van der Waals surface area contributed by atoms with Crippen molar-refractivity contribution in [2.24, 2.45) is 5.92 Å². The van der Waals surface area contributed by atoms with Gasteiger partial charge >= 0.3 is 0 Å². The molecule has 2 aliphatic rings. The monoisotopic (exact) mass is 253 g/mol. The van der Waals surface area contributed by atoms with Crippen molar-refractivity contribution in [3.05, 3.63) is 0 Å². The summed E-state index contributed by atoms with van der Waals surface area (Å²) in [7, 11) is 4.25. The van der Waals surface area contributed by atoms with Crippen LogP contribution in [-0.2, 0) is 4.79 Å². The molecule has 0 aromatic heterocycles. The fourth-order valence-corrected chi connectivity index (χ4v) is 3.05. The van der Waals surface area contributed by atoms with Crippen LogP contribution in [0, 0.1) is 5.92 Å². The number of hydrogen-bond donors (Lipinski definition) is 2. The van der Waals surface area contributed by atoms with Crippen molar-refractivity contribution >= 4 is 5.91 Å². The van der Waals surface area contributed by atoms with Crippen LogP contribution in [0.2, 0.25) is 0 Å². The molecule has 2 N–H and O–H groups in total. The van der Waals surface area contributed by atoms with E-state index >= 15 is 0 Å². The third-order valence-electron chi connectivity index (χ3n) is 4.78. The van der Waals surface area contributed by atoms with Gasteiger partial charge in [-0.15, -0.1) is 0 Å². The number of carbonyl (C=O) groups is 1. The van der Waals surface area contributed by atoms with Gasteiger partial charge in [0.2, 0.25) is 5.91 Å². The lowest BCUT2D eigenvalue weighted by Gasteiger charge is -2.47. The van der Waals surface area contributed by atoms with Crippen LogP contribution in [0.15, 0.2) is 0 Å². The van der Waals surface area contributed by atoms with E-state index in [1.165, 1.54) is 19.3 Å². The molecule has 0 spiro atoms. The molecule has 1 aliphatic heterocycles. The first-order chi connectivity index (χ1) is 8.62. The van der Waals surface area contributed by atoms with Crippen molar-refractivity contribution in [2.75, 3.05) is 33.7 Å². The van der Waals surface area contributed by atoms with Gasteiger partial charge in [-0.25, -0.2) is 0 Å². The van der Waals surface area contributed by atoms with Gasteiger partial charge < -0.3 is 15.5 Å². The highest BCUT2D eigenvalue weighted by Crippen LogP contribution is 2.35. The molecule has 0 atom stereocenters.